The molecule has 118 valence electrons. The molecule has 2 N–H and O–H groups in total. The van der Waals surface area contributed by atoms with Crippen molar-refractivity contribution in [1.82, 2.24) is 0 Å². The van der Waals surface area contributed by atoms with Crippen LogP contribution in [0.2, 0.25) is 0 Å². The first-order valence-electron chi connectivity index (χ1n) is 8.15. The van der Waals surface area contributed by atoms with Gasteiger partial charge < -0.3 is 5.73 Å². The van der Waals surface area contributed by atoms with Gasteiger partial charge in [-0.1, -0.05) is 63.3 Å². The van der Waals surface area contributed by atoms with Crippen LogP contribution in [0, 0.1) is 23.7 Å². The van der Waals surface area contributed by atoms with Gasteiger partial charge in [-0.15, -0.1) is 0 Å². The van der Waals surface area contributed by atoms with Crippen molar-refractivity contribution in [1.29, 1.82) is 0 Å². The first-order valence-corrected chi connectivity index (χ1v) is 8.15. The molecule has 0 fully saturated rings. The van der Waals surface area contributed by atoms with Crippen LogP contribution >= 0.6 is 0 Å². The Hall–Kier alpha value is -1.37. The molecular weight excluding hydrogens is 254 g/mol. The fourth-order valence-electron chi connectivity index (χ4n) is 2.98. The van der Waals surface area contributed by atoms with E-state index in [9.17, 15) is 0 Å². The second kappa shape index (κ2) is 8.17. The van der Waals surface area contributed by atoms with Crippen LogP contribution < -0.4 is 5.73 Å². The predicted molar refractivity (Wildman–Crippen MR) is 94.6 cm³/mol. The normalized spacial score (nSPS) is 22.3. The van der Waals surface area contributed by atoms with E-state index in [4.69, 9.17) is 5.73 Å². The second-order valence-corrected chi connectivity index (χ2v) is 6.97. The summed E-state index contributed by atoms with van der Waals surface area (Å²) in [4.78, 5) is 0. The van der Waals surface area contributed by atoms with Crippen LogP contribution in [0.4, 0.5) is 0 Å². The van der Waals surface area contributed by atoms with Crippen LogP contribution in [0.15, 0.2) is 47.7 Å². The molecule has 2 atom stereocenters. The van der Waals surface area contributed by atoms with E-state index in [0.717, 1.165) is 0 Å². The lowest BCUT2D eigenvalue weighted by Crippen LogP contribution is -2.19. The maximum absolute atomic E-state index is 5.39. The Morgan fingerprint density at radius 1 is 1.19 bits per heavy atom. The number of rotatable bonds is 6. The van der Waals surface area contributed by atoms with Crippen LogP contribution in [-0.2, 0) is 0 Å². The van der Waals surface area contributed by atoms with E-state index in [1.54, 1.807) is 11.8 Å². The van der Waals surface area contributed by atoms with Crippen LogP contribution in [0.25, 0.3) is 0 Å². The fourth-order valence-corrected chi connectivity index (χ4v) is 2.98. The minimum absolute atomic E-state index is 0.328. The average Bonchev–Trinajstić information content (AvgIpc) is 2.37. The summed E-state index contributed by atoms with van der Waals surface area (Å²) >= 11 is 0. The summed E-state index contributed by atoms with van der Waals surface area (Å²) in [5, 5.41) is 0. The summed E-state index contributed by atoms with van der Waals surface area (Å²) in [7, 11) is 0. The highest BCUT2D eigenvalue weighted by molar-refractivity contribution is 5.33. The zero-order valence-corrected chi connectivity index (χ0v) is 14.4. The quantitative estimate of drug-likeness (QED) is 0.634. The van der Waals surface area contributed by atoms with E-state index in [-0.39, 0.29) is 0 Å². The van der Waals surface area contributed by atoms with Crippen molar-refractivity contribution < 1.29 is 0 Å². The summed E-state index contributed by atoms with van der Waals surface area (Å²) in [6.45, 7) is 11.4. The molecule has 1 heteroatoms. The van der Waals surface area contributed by atoms with Crippen molar-refractivity contribution >= 4 is 0 Å². The molecule has 0 saturated carbocycles. The van der Waals surface area contributed by atoms with Gasteiger partial charge >= 0.3 is 0 Å². The van der Waals surface area contributed by atoms with Gasteiger partial charge in [0.2, 0.25) is 0 Å². The number of nitrogens with two attached hydrogens (primary N) is 1. The second-order valence-electron chi connectivity index (χ2n) is 6.97. The Kier molecular flexibility index (Phi) is 6.87. The topological polar surface area (TPSA) is 26.0 Å². The third-order valence-corrected chi connectivity index (χ3v) is 4.35. The molecule has 1 nitrogen and oxygen atoms in total. The maximum Gasteiger partial charge on any atom is -0.0104 e. The standard InChI is InChI=1S/C20H32N/c1-16(8-6-9-17(2)13-15-21)11-12-19-18(3)10-7-14-20(19,4)5/h6,8-9,11-13,15-17H,7,10,14,21H2,1-5H3/q-1/b8-6+,12-11+,15-13+. The van der Waals surface area contributed by atoms with Gasteiger partial charge in [0.25, 0.3) is 0 Å². The van der Waals surface area contributed by atoms with Gasteiger partial charge in [-0.05, 0) is 43.4 Å². The molecule has 0 aromatic heterocycles. The van der Waals surface area contributed by atoms with E-state index in [2.05, 4.69) is 65.3 Å². The number of allylic oxidation sites excluding steroid dienone is 7. The first-order chi connectivity index (χ1) is 9.86. The zero-order valence-electron chi connectivity index (χ0n) is 14.4. The molecule has 1 rings (SSSR count). The molecule has 0 spiro atoms. The highest BCUT2D eigenvalue weighted by Gasteiger charge is 2.26. The summed E-state index contributed by atoms with van der Waals surface area (Å²) < 4.78 is 0. The Labute approximate surface area is 131 Å². The number of hydrogen-bond acceptors (Lipinski definition) is 1. The summed E-state index contributed by atoms with van der Waals surface area (Å²) in [6, 6.07) is 0. The molecule has 0 aromatic rings. The van der Waals surface area contributed by atoms with Gasteiger partial charge in [0.05, 0.1) is 0 Å². The lowest BCUT2D eigenvalue weighted by atomic mass is 9.72. The highest BCUT2D eigenvalue weighted by atomic mass is 14.5. The smallest absolute Gasteiger partial charge is 0.0104 e. The van der Waals surface area contributed by atoms with Crippen molar-refractivity contribution in [3.05, 3.63) is 54.1 Å². The Morgan fingerprint density at radius 2 is 1.90 bits per heavy atom. The predicted octanol–water partition coefficient (Wildman–Crippen LogP) is 5.57. The third kappa shape index (κ3) is 5.87. The van der Waals surface area contributed by atoms with Crippen molar-refractivity contribution in [2.24, 2.45) is 23.0 Å². The van der Waals surface area contributed by atoms with Gasteiger partial charge in [0.1, 0.15) is 0 Å². The molecule has 21 heavy (non-hydrogen) atoms. The van der Waals surface area contributed by atoms with Crippen LogP contribution in [-0.4, -0.2) is 0 Å². The first kappa shape index (κ1) is 17.7. The molecule has 1 aliphatic carbocycles. The highest BCUT2D eigenvalue weighted by Crippen LogP contribution is 2.40. The van der Waals surface area contributed by atoms with Gasteiger partial charge in [-0.2, -0.15) is 0 Å². The van der Waals surface area contributed by atoms with Crippen molar-refractivity contribution in [3.63, 3.8) is 0 Å². The third-order valence-electron chi connectivity index (χ3n) is 4.35. The van der Waals surface area contributed by atoms with Gasteiger partial charge in [-0.25, -0.2) is 18.6 Å². The van der Waals surface area contributed by atoms with Crippen molar-refractivity contribution in [2.75, 3.05) is 0 Å². The lowest BCUT2D eigenvalue weighted by molar-refractivity contribution is 0.376. The minimum Gasteiger partial charge on any atom is -0.405 e. The van der Waals surface area contributed by atoms with E-state index < -0.39 is 0 Å². The minimum atomic E-state index is 0.328. The van der Waals surface area contributed by atoms with E-state index in [1.165, 1.54) is 24.8 Å². The zero-order chi connectivity index (χ0) is 15.9. The SMILES string of the molecule is CC1=C(/C=C/C(C)/C=C/[CH-]C(C)/C=C/N)C(C)(C)CCC1. The molecule has 0 aliphatic heterocycles. The van der Waals surface area contributed by atoms with Crippen molar-refractivity contribution in [2.45, 2.75) is 53.9 Å². The molecule has 0 radical (unpaired) electrons. The van der Waals surface area contributed by atoms with Crippen molar-refractivity contribution in [3.8, 4) is 0 Å². The molecule has 0 bridgehead atoms. The van der Waals surface area contributed by atoms with Crippen LogP contribution in [0.3, 0.4) is 0 Å². The number of hydrogen-bond donors (Lipinski definition) is 1. The molecule has 0 aromatic carbocycles. The Balaban J connectivity index is 2.61. The summed E-state index contributed by atoms with van der Waals surface area (Å²) in [6.07, 6.45) is 18.7. The molecule has 0 saturated heterocycles. The summed E-state index contributed by atoms with van der Waals surface area (Å²) in [5.74, 6) is 0.845. The van der Waals surface area contributed by atoms with E-state index in [0.29, 0.717) is 17.3 Å². The molecule has 0 heterocycles. The monoisotopic (exact) mass is 286 g/mol. The van der Waals surface area contributed by atoms with E-state index >= 15 is 0 Å². The molecule has 0 amide bonds. The van der Waals surface area contributed by atoms with Crippen LogP contribution in [0.5, 0.6) is 0 Å². The molecule has 1 aliphatic rings. The van der Waals surface area contributed by atoms with Gasteiger partial charge in [0.15, 0.2) is 0 Å². The van der Waals surface area contributed by atoms with Crippen LogP contribution in [0.1, 0.15) is 53.9 Å². The Bertz CT molecular complexity index is 435. The lowest BCUT2D eigenvalue weighted by Gasteiger charge is -2.33. The maximum atomic E-state index is 5.39. The molecule has 2 unspecified atom stereocenters. The summed E-state index contributed by atoms with van der Waals surface area (Å²) in [5.41, 5.74) is 8.82. The van der Waals surface area contributed by atoms with Gasteiger partial charge in [-0.3, -0.25) is 0 Å². The average molecular weight is 286 g/mol. The molecular formula is C20H32N-. The van der Waals surface area contributed by atoms with Gasteiger partial charge in [0, 0.05) is 0 Å². The van der Waals surface area contributed by atoms with E-state index in [1.807, 2.05) is 6.08 Å². The largest absolute Gasteiger partial charge is 0.405 e. The Morgan fingerprint density at radius 3 is 2.52 bits per heavy atom. The fraction of sp³-hybridized carbons (Fsp3) is 0.550.